The molecule has 3 heteroatoms. The summed E-state index contributed by atoms with van der Waals surface area (Å²) in [4.78, 5) is 10.5. The van der Waals surface area contributed by atoms with Crippen LogP contribution >= 0.6 is 0 Å². The molecule has 0 bridgehead atoms. The second kappa shape index (κ2) is 6.27. The molecule has 0 aromatic heterocycles. The highest BCUT2D eigenvalue weighted by molar-refractivity contribution is 5.88. The van der Waals surface area contributed by atoms with Gasteiger partial charge < -0.3 is 9.84 Å². The molecular weight excluding hydrogens is 168 g/mol. The van der Waals surface area contributed by atoms with Crippen molar-refractivity contribution >= 4 is 5.97 Å². The zero-order valence-electron chi connectivity index (χ0n) is 8.13. The molecule has 0 unspecified atom stereocenters. The molecule has 0 saturated heterocycles. The summed E-state index contributed by atoms with van der Waals surface area (Å²) < 4.78 is 4.32. The highest BCUT2D eigenvalue weighted by Gasteiger charge is 1.95. The maximum Gasteiger partial charge on any atom is 0.384 e. The van der Waals surface area contributed by atoms with Gasteiger partial charge in [0.15, 0.2) is 0 Å². The Hall–Kier alpha value is -1.27. The summed E-state index contributed by atoms with van der Waals surface area (Å²) in [5.41, 5.74) is 0.936. The highest BCUT2D eigenvalue weighted by Crippen LogP contribution is 2.02. The monoisotopic (exact) mass is 182 g/mol. The van der Waals surface area contributed by atoms with Crippen LogP contribution in [-0.4, -0.2) is 24.3 Å². The molecule has 3 nitrogen and oxygen atoms in total. The molecule has 0 aliphatic heterocycles. The van der Waals surface area contributed by atoms with Gasteiger partial charge in [-0.1, -0.05) is 11.5 Å². The van der Waals surface area contributed by atoms with Gasteiger partial charge in [-0.15, -0.1) is 0 Å². The van der Waals surface area contributed by atoms with Crippen LogP contribution in [0.4, 0.5) is 0 Å². The van der Waals surface area contributed by atoms with Crippen molar-refractivity contribution < 1.29 is 14.6 Å². The molecule has 0 saturated carbocycles. The van der Waals surface area contributed by atoms with E-state index in [0.29, 0.717) is 6.42 Å². The van der Waals surface area contributed by atoms with Gasteiger partial charge in [-0.3, -0.25) is 0 Å². The van der Waals surface area contributed by atoms with Crippen molar-refractivity contribution in [3.8, 4) is 11.8 Å². The topological polar surface area (TPSA) is 46.5 Å². The molecule has 1 N–H and O–H groups in total. The number of rotatable bonds is 2. The van der Waals surface area contributed by atoms with Crippen LogP contribution in [-0.2, 0) is 9.53 Å². The SMILES string of the molecule is COC(=O)C#C/C=C(/C)C[C@H](C)O. The molecule has 0 radical (unpaired) electrons. The standard InChI is InChI=1S/C10H14O3/c1-8(7-9(2)11)5-4-6-10(12)13-3/h5,9,11H,7H2,1-3H3/b8-5-/t9-/m0/s1. The third kappa shape index (κ3) is 7.10. The number of aliphatic hydroxyl groups excluding tert-OH is 1. The molecule has 0 spiro atoms. The Bertz CT molecular complexity index is 253. The fraction of sp³-hybridized carbons (Fsp3) is 0.500. The Balaban J connectivity index is 4.07. The minimum atomic E-state index is -0.555. The number of carbonyl (C=O) groups excluding carboxylic acids is 1. The lowest BCUT2D eigenvalue weighted by Crippen LogP contribution is -1.99. The lowest BCUT2D eigenvalue weighted by atomic mass is 10.1. The van der Waals surface area contributed by atoms with Crippen LogP contribution in [0.2, 0.25) is 0 Å². The molecule has 0 amide bonds. The molecule has 72 valence electrons. The number of methoxy groups -OCH3 is 1. The van der Waals surface area contributed by atoms with Gasteiger partial charge in [-0.25, -0.2) is 4.79 Å². The summed E-state index contributed by atoms with van der Waals surface area (Å²) >= 11 is 0. The van der Waals surface area contributed by atoms with Crippen LogP contribution in [0.1, 0.15) is 20.3 Å². The molecule has 0 fully saturated rings. The first kappa shape index (κ1) is 11.7. The van der Waals surface area contributed by atoms with E-state index in [4.69, 9.17) is 5.11 Å². The van der Waals surface area contributed by atoms with Crippen molar-refractivity contribution in [2.45, 2.75) is 26.4 Å². The van der Waals surface area contributed by atoms with Crippen LogP contribution in [0, 0.1) is 11.8 Å². The molecule has 0 aromatic carbocycles. The smallest absolute Gasteiger partial charge is 0.384 e. The average Bonchev–Trinajstić information content (AvgIpc) is 2.02. The van der Waals surface area contributed by atoms with Crippen molar-refractivity contribution in [3.63, 3.8) is 0 Å². The molecule has 0 aliphatic rings. The minimum Gasteiger partial charge on any atom is -0.459 e. The van der Waals surface area contributed by atoms with Crippen LogP contribution < -0.4 is 0 Å². The maximum atomic E-state index is 10.5. The predicted molar refractivity (Wildman–Crippen MR) is 49.8 cm³/mol. The predicted octanol–water partition coefficient (Wildman–Crippen LogP) is 0.880. The fourth-order valence-electron chi connectivity index (χ4n) is 0.794. The number of hydrogen-bond acceptors (Lipinski definition) is 3. The number of hydrogen-bond donors (Lipinski definition) is 1. The molecule has 0 heterocycles. The Kier molecular flexibility index (Phi) is 5.66. The van der Waals surface area contributed by atoms with Crippen molar-refractivity contribution in [2.75, 3.05) is 7.11 Å². The number of ether oxygens (including phenoxy) is 1. The largest absolute Gasteiger partial charge is 0.459 e. The summed E-state index contributed by atoms with van der Waals surface area (Å²) in [6.07, 6.45) is 1.79. The lowest BCUT2D eigenvalue weighted by molar-refractivity contribution is -0.133. The lowest BCUT2D eigenvalue weighted by Gasteiger charge is -2.01. The Morgan fingerprint density at radius 2 is 2.31 bits per heavy atom. The number of carbonyl (C=O) groups is 1. The van der Waals surface area contributed by atoms with E-state index in [2.05, 4.69) is 16.6 Å². The van der Waals surface area contributed by atoms with Crippen LogP contribution in [0.25, 0.3) is 0 Å². The summed E-state index contributed by atoms with van der Waals surface area (Å²) in [6.45, 7) is 3.55. The van der Waals surface area contributed by atoms with Crippen molar-refractivity contribution in [2.24, 2.45) is 0 Å². The van der Waals surface area contributed by atoms with E-state index >= 15 is 0 Å². The van der Waals surface area contributed by atoms with Gasteiger partial charge in [0.2, 0.25) is 0 Å². The third-order valence-electron chi connectivity index (χ3n) is 1.30. The first-order valence-corrected chi connectivity index (χ1v) is 3.99. The van der Waals surface area contributed by atoms with E-state index in [1.54, 1.807) is 13.0 Å². The van der Waals surface area contributed by atoms with E-state index < -0.39 is 5.97 Å². The molecule has 0 rings (SSSR count). The normalized spacial score (nSPS) is 12.8. The number of aliphatic hydroxyl groups is 1. The highest BCUT2D eigenvalue weighted by atomic mass is 16.5. The first-order valence-electron chi connectivity index (χ1n) is 3.99. The molecular formula is C10H14O3. The van der Waals surface area contributed by atoms with Gasteiger partial charge in [0.25, 0.3) is 0 Å². The fourth-order valence-corrected chi connectivity index (χ4v) is 0.794. The first-order chi connectivity index (χ1) is 6.06. The van der Waals surface area contributed by atoms with Gasteiger partial charge in [0, 0.05) is 5.92 Å². The number of allylic oxidation sites excluding steroid dienone is 1. The molecule has 13 heavy (non-hydrogen) atoms. The Morgan fingerprint density at radius 1 is 1.69 bits per heavy atom. The summed E-state index contributed by atoms with van der Waals surface area (Å²) in [5.74, 6) is 4.26. The van der Waals surface area contributed by atoms with Crippen LogP contribution in [0.5, 0.6) is 0 Å². The summed E-state index contributed by atoms with van der Waals surface area (Å²) in [6, 6.07) is 0. The zero-order valence-corrected chi connectivity index (χ0v) is 8.13. The average molecular weight is 182 g/mol. The van der Waals surface area contributed by atoms with Gasteiger partial charge >= 0.3 is 5.97 Å². The molecule has 0 aromatic rings. The van der Waals surface area contributed by atoms with Crippen molar-refractivity contribution in [1.29, 1.82) is 0 Å². The molecule has 1 atom stereocenters. The van der Waals surface area contributed by atoms with Crippen LogP contribution in [0.15, 0.2) is 11.6 Å². The maximum absolute atomic E-state index is 10.5. The quantitative estimate of drug-likeness (QED) is 0.392. The van der Waals surface area contributed by atoms with E-state index in [1.165, 1.54) is 7.11 Å². The van der Waals surface area contributed by atoms with E-state index in [-0.39, 0.29) is 6.10 Å². The minimum absolute atomic E-state index is 0.379. The van der Waals surface area contributed by atoms with Crippen LogP contribution in [0.3, 0.4) is 0 Å². The van der Waals surface area contributed by atoms with Crippen molar-refractivity contribution in [1.82, 2.24) is 0 Å². The van der Waals surface area contributed by atoms with Gasteiger partial charge in [0.05, 0.1) is 13.2 Å². The molecule has 0 aliphatic carbocycles. The Labute approximate surface area is 78.4 Å². The van der Waals surface area contributed by atoms with Gasteiger partial charge in [-0.05, 0) is 26.3 Å². The second-order valence-corrected chi connectivity index (χ2v) is 2.80. The van der Waals surface area contributed by atoms with Gasteiger partial charge in [0.1, 0.15) is 0 Å². The van der Waals surface area contributed by atoms with E-state index in [1.807, 2.05) is 6.92 Å². The van der Waals surface area contributed by atoms with E-state index in [0.717, 1.165) is 5.57 Å². The zero-order chi connectivity index (χ0) is 10.3. The summed E-state index contributed by atoms with van der Waals surface area (Å²) in [7, 11) is 1.28. The Morgan fingerprint density at radius 3 is 2.77 bits per heavy atom. The number of esters is 1. The second-order valence-electron chi connectivity index (χ2n) is 2.80. The van der Waals surface area contributed by atoms with E-state index in [9.17, 15) is 4.79 Å². The third-order valence-corrected chi connectivity index (χ3v) is 1.30. The van der Waals surface area contributed by atoms with Gasteiger partial charge in [-0.2, -0.15) is 0 Å². The summed E-state index contributed by atoms with van der Waals surface area (Å²) in [5, 5.41) is 9.00. The van der Waals surface area contributed by atoms with Crippen molar-refractivity contribution in [3.05, 3.63) is 11.6 Å².